The SMILES string of the molecule is C/C(=N\OCC(=O)NC(C)C(C)[C-]=O)c1ccc(C(=N)N)cc1.[Y]. The molecule has 0 aromatic heterocycles. The van der Waals surface area contributed by atoms with E-state index >= 15 is 0 Å². The zero-order chi connectivity index (χ0) is 17.4. The summed E-state index contributed by atoms with van der Waals surface area (Å²) >= 11 is 0. The van der Waals surface area contributed by atoms with E-state index < -0.39 is 0 Å². The van der Waals surface area contributed by atoms with Crippen LogP contribution in [0.1, 0.15) is 31.9 Å². The zero-order valence-corrected chi connectivity index (χ0v) is 16.8. The Kier molecular flexibility index (Phi) is 10.3. The van der Waals surface area contributed by atoms with E-state index in [0.717, 1.165) is 5.56 Å². The molecule has 8 heteroatoms. The monoisotopic (exact) mass is 406 g/mol. The summed E-state index contributed by atoms with van der Waals surface area (Å²) in [4.78, 5) is 27.2. The number of amides is 1. The van der Waals surface area contributed by atoms with Crippen molar-refractivity contribution in [2.24, 2.45) is 16.8 Å². The Bertz CT molecular complexity index is 602. The Labute approximate surface area is 166 Å². The van der Waals surface area contributed by atoms with Crippen LogP contribution in [0, 0.1) is 11.3 Å². The minimum atomic E-state index is -0.385. The van der Waals surface area contributed by atoms with Gasteiger partial charge in [-0.3, -0.25) is 16.5 Å². The van der Waals surface area contributed by atoms with Gasteiger partial charge >= 0.3 is 0 Å². The van der Waals surface area contributed by atoms with Crippen molar-refractivity contribution in [2.75, 3.05) is 6.61 Å². The first-order chi connectivity index (χ1) is 10.8. The molecule has 0 aliphatic carbocycles. The Balaban J connectivity index is 0.00000529. The smallest absolute Gasteiger partial charge is 0.260 e. The molecule has 0 aliphatic heterocycles. The van der Waals surface area contributed by atoms with Crippen LogP contribution in [-0.2, 0) is 47.1 Å². The van der Waals surface area contributed by atoms with E-state index in [1.165, 1.54) is 0 Å². The van der Waals surface area contributed by atoms with Crippen LogP contribution in [-0.4, -0.2) is 36.4 Å². The van der Waals surface area contributed by atoms with Gasteiger partial charge in [0.25, 0.3) is 5.91 Å². The summed E-state index contributed by atoms with van der Waals surface area (Å²) in [5.74, 6) is -0.748. The maximum Gasteiger partial charge on any atom is 0.260 e. The molecule has 1 rings (SSSR count). The van der Waals surface area contributed by atoms with E-state index in [1.54, 1.807) is 45.0 Å². The molecule has 1 radical (unpaired) electrons. The number of nitrogen functional groups attached to an aromatic ring is 1. The molecule has 0 saturated heterocycles. The molecule has 2 unspecified atom stereocenters. The van der Waals surface area contributed by atoms with Gasteiger partial charge in [-0.15, -0.1) is 5.92 Å². The maximum absolute atomic E-state index is 11.6. The van der Waals surface area contributed by atoms with E-state index in [9.17, 15) is 9.59 Å². The quantitative estimate of drug-likeness (QED) is 0.258. The van der Waals surface area contributed by atoms with E-state index in [2.05, 4.69) is 10.5 Å². The zero-order valence-electron chi connectivity index (χ0n) is 14.0. The Hall–Kier alpha value is -1.60. The predicted octanol–water partition coefficient (Wildman–Crippen LogP) is 0.959. The number of rotatable bonds is 8. The van der Waals surface area contributed by atoms with Gasteiger partial charge in [0.15, 0.2) is 6.61 Å². The third kappa shape index (κ3) is 7.32. The van der Waals surface area contributed by atoms with Crippen LogP contribution in [0.3, 0.4) is 0 Å². The van der Waals surface area contributed by atoms with Crippen LogP contribution >= 0.6 is 0 Å². The van der Waals surface area contributed by atoms with Crippen molar-refractivity contribution >= 4 is 23.7 Å². The van der Waals surface area contributed by atoms with Gasteiger partial charge in [-0.05, 0) is 19.4 Å². The van der Waals surface area contributed by atoms with Gasteiger partial charge in [0.2, 0.25) is 0 Å². The van der Waals surface area contributed by atoms with E-state index in [4.69, 9.17) is 16.0 Å². The average Bonchev–Trinajstić information content (AvgIpc) is 2.53. The standard InChI is InChI=1S/C16H21N4O3.Y/c1-10(8-21)11(2)19-15(22)9-23-20-12(3)13-4-6-14(7-5-13)16(17)18;/h4-7,10-11H,9H2,1-3H3,(H3,17,18)(H,19,22);/q-1;/b20-12+;. The van der Waals surface area contributed by atoms with Crippen LogP contribution in [0.4, 0.5) is 0 Å². The third-order valence-electron chi connectivity index (χ3n) is 3.34. The second-order valence-electron chi connectivity index (χ2n) is 5.20. The first kappa shape index (κ1) is 22.4. The summed E-state index contributed by atoms with van der Waals surface area (Å²) in [6.45, 7) is 4.90. The molecule has 0 fully saturated rings. The second kappa shape index (κ2) is 11.0. The van der Waals surface area contributed by atoms with Gasteiger partial charge in [0.05, 0.1) is 5.71 Å². The number of hydrogen-bond acceptors (Lipinski definition) is 5. The minimum absolute atomic E-state index is 0. The topological polar surface area (TPSA) is 118 Å². The number of nitrogens with one attached hydrogen (secondary N) is 2. The number of carbonyl (C=O) groups is 1. The summed E-state index contributed by atoms with van der Waals surface area (Å²) in [7, 11) is 0. The van der Waals surface area contributed by atoms with Gasteiger partial charge in [-0.25, -0.2) is 0 Å². The number of hydrogen-bond donors (Lipinski definition) is 3. The molecule has 0 saturated carbocycles. The summed E-state index contributed by atoms with van der Waals surface area (Å²) < 4.78 is 0. The van der Waals surface area contributed by atoms with Gasteiger partial charge in [-0.1, -0.05) is 36.3 Å². The van der Waals surface area contributed by atoms with Gasteiger partial charge < -0.3 is 20.7 Å². The van der Waals surface area contributed by atoms with Crippen LogP contribution in [0.25, 0.3) is 0 Å². The van der Waals surface area contributed by atoms with Crippen molar-refractivity contribution in [3.05, 3.63) is 35.4 Å². The van der Waals surface area contributed by atoms with Crippen molar-refractivity contribution in [1.82, 2.24) is 5.32 Å². The van der Waals surface area contributed by atoms with Crippen molar-refractivity contribution in [3.8, 4) is 0 Å². The fraction of sp³-hybridized carbons (Fsp3) is 0.375. The molecule has 7 nitrogen and oxygen atoms in total. The van der Waals surface area contributed by atoms with Crippen molar-refractivity contribution in [1.29, 1.82) is 5.41 Å². The molecule has 1 aromatic carbocycles. The molecule has 127 valence electrons. The number of oxime groups is 1. The number of nitrogens with two attached hydrogens (primary N) is 1. The predicted molar refractivity (Wildman–Crippen MR) is 88.1 cm³/mol. The fourth-order valence-corrected chi connectivity index (χ4v) is 1.65. The fourth-order valence-electron chi connectivity index (χ4n) is 1.65. The van der Waals surface area contributed by atoms with Gasteiger partial charge in [0, 0.05) is 44.3 Å². The van der Waals surface area contributed by atoms with Crippen molar-refractivity contribution in [2.45, 2.75) is 26.8 Å². The average molecular weight is 406 g/mol. The number of carbonyl (C=O) groups excluding carboxylic acids is 2. The summed E-state index contributed by atoms with van der Waals surface area (Å²) in [5.41, 5.74) is 7.40. The molecular formula is C16H21N4O3Y-. The number of benzene rings is 1. The Morgan fingerprint density at radius 2 is 1.88 bits per heavy atom. The third-order valence-corrected chi connectivity index (χ3v) is 3.34. The van der Waals surface area contributed by atoms with E-state index in [-0.39, 0.29) is 63.0 Å². The summed E-state index contributed by atoms with van der Waals surface area (Å²) in [6, 6.07) is 6.64. The molecule has 24 heavy (non-hydrogen) atoms. The Morgan fingerprint density at radius 3 is 2.38 bits per heavy atom. The second-order valence-corrected chi connectivity index (χ2v) is 5.20. The first-order valence-electron chi connectivity index (χ1n) is 7.13. The molecule has 1 aromatic rings. The first-order valence-corrected chi connectivity index (χ1v) is 7.13. The summed E-state index contributed by atoms with van der Waals surface area (Å²) in [5, 5.41) is 13.8. The normalized spacial score (nSPS) is 13.2. The molecule has 0 bridgehead atoms. The van der Waals surface area contributed by atoms with Crippen molar-refractivity contribution < 1.29 is 47.1 Å². The van der Waals surface area contributed by atoms with Crippen molar-refractivity contribution in [3.63, 3.8) is 0 Å². The molecule has 1 amide bonds. The molecule has 2 atom stereocenters. The molecular weight excluding hydrogens is 385 g/mol. The number of amidine groups is 1. The van der Waals surface area contributed by atoms with Crippen LogP contribution < -0.4 is 11.1 Å². The van der Waals surface area contributed by atoms with Gasteiger partial charge in [-0.2, -0.15) is 0 Å². The van der Waals surface area contributed by atoms with Crippen LogP contribution in [0.5, 0.6) is 0 Å². The summed E-state index contributed by atoms with van der Waals surface area (Å²) in [6.07, 6.45) is 1.82. The molecule has 0 aliphatic rings. The minimum Gasteiger partial charge on any atom is -0.541 e. The van der Waals surface area contributed by atoms with E-state index in [0.29, 0.717) is 11.3 Å². The number of nitrogens with zero attached hydrogens (tertiary/aromatic N) is 1. The van der Waals surface area contributed by atoms with Gasteiger partial charge in [0.1, 0.15) is 5.84 Å². The maximum atomic E-state index is 11.6. The largest absolute Gasteiger partial charge is 0.541 e. The van der Waals surface area contributed by atoms with Crippen LogP contribution in [0.15, 0.2) is 29.4 Å². The van der Waals surface area contributed by atoms with E-state index in [1.807, 2.05) is 6.29 Å². The molecule has 0 spiro atoms. The Morgan fingerprint density at radius 1 is 1.33 bits per heavy atom. The molecule has 0 heterocycles. The molecule has 4 N–H and O–H groups in total. The van der Waals surface area contributed by atoms with Crippen LogP contribution in [0.2, 0.25) is 0 Å².